The standard InChI is InChI=1S/C22H23N5O/c1-14-15(2)23-20-17(14)6-5-7-18(20)22(28)26-12-9-16(10-13-26)21-25-24-19-8-3-4-11-27(19)21/h3-8,11,16,23H,9-10,12-13H2,1-2H3. The summed E-state index contributed by atoms with van der Waals surface area (Å²) in [5, 5.41) is 9.81. The molecule has 0 saturated carbocycles. The van der Waals surface area contributed by atoms with Crippen LogP contribution in [0.3, 0.4) is 0 Å². The Labute approximate surface area is 163 Å². The molecule has 1 aliphatic heterocycles. The van der Waals surface area contributed by atoms with Crippen LogP contribution in [0, 0.1) is 13.8 Å². The van der Waals surface area contributed by atoms with Crippen molar-refractivity contribution in [1.29, 1.82) is 0 Å². The quantitative estimate of drug-likeness (QED) is 0.580. The van der Waals surface area contributed by atoms with Gasteiger partial charge in [-0.2, -0.15) is 0 Å². The van der Waals surface area contributed by atoms with E-state index in [9.17, 15) is 4.79 Å². The first kappa shape index (κ1) is 17.0. The SMILES string of the molecule is Cc1[nH]c2c(C(=O)N3CCC(c4nnc5ccccn45)CC3)cccc2c1C. The van der Waals surface area contributed by atoms with Gasteiger partial charge in [-0.05, 0) is 50.5 Å². The van der Waals surface area contributed by atoms with E-state index in [0.29, 0.717) is 5.92 Å². The smallest absolute Gasteiger partial charge is 0.255 e. The van der Waals surface area contributed by atoms with Crippen molar-refractivity contribution in [2.24, 2.45) is 0 Å². The Bertz CT molecular complexity index is 1180. The number of carbonyl (C=O) groups is 1. The molecule has 0 spiro atoms. The van der Waals surface area contributed by atoms with Gasteiger partial charge in [0.25, 0.3) is 5.91 Å². The number of pyridine rings is 1. The lowest BCUT2D eigenvalue weighted by Gasteiger charge is -2.31. The number of amides is 1. The summed E-state index contributed by atoms with van der Waals surface area (Å²) in [6.45, 7) is 5.62. The molecule has 1 aromatic carbocycles. The summed E-state index contributed by atoms with van der Waals surface area (Å²) in [4.78, 5) is 18.6. The Kier molecular flexibility index (Phi) is 3.93. The Hall–Kier alpha value is -3.15. The van der Waals surface area contributed by atoms with E-state index in [1.54, 1.807) is 0 Å². The summed E-state index contributed by atoms with van der Waals surface area (Å²) in [6.07, 6.45) is 3.82. The average Bonchev–Trinajstić information content (AvgIpc) is 3.29. The highest BCUT2D eigenvalue weighted by Crippen LogP contribution is 2.30. The summed E-state index contributed by atoms with van der Waals surface area (Å²) >= 11 is 0. The van der Waals surface area contributed by atoms with E-state index in [1.807, 2.05) is 41.4 Å². The maximum Gasteiger partial charge on any atom is 0.255 e. The molecule has 0 atom stereocenters. The van der Waals surface area contributed by atoms with Crippen LogP contribution in [0.4, 0.5) is 0 Å². The fraction of sp³-hybridized carbons (Fsp3) is 0.318. The number of aromatic amines is 1. The van der Waals surface area contributed by atoms with Crippen LogP contribution in [-0.4, -0.2) is 43.5 Å². The molecule has 6 nitrogen and oxygen atoms in total. The molecule has 3 aromatic heterocycles. The first-order valence-corrected chi connectivity index (χ1v) is 9.80. The Morgan fingerprint density at radius 2 is 1.89 bits per heavy atom. The summed E-state index contributed by atoms with van der Waals surface area (Å²) in [7, 11) is 0. The molecule has 28 heavy (non-hydrogen) atoms. The second-order valence-electron chi connectivity index (χ2n) is 7.66. The predicted octanol–water partition coefficient (Wildman–Crippen LogP) is 3.85. The van der Waals surface area contributed by atoms with Crippen LogP contribution in [0.1, 0.15) is 46.2 Å². The Morgan fingerprint density at radius 3 is 2.71 bits per heavy atom. The third-order valence-corrected chi connectivity index (χ3v) is 6.06. The summed E-state index contributed by atoms with van der Waals surface area (Å²) < 4.78 is 2.06. The number of carbonyl (C=O) groups excluding carboxylic acids is 1. The fourth-order valence-electron chi connectivity index (χ4n) is 4.31. The van der Waals surface area contributed by atoms with Crippen molar-refractivity contribution in [2.45, 2.75) is 32.6 Å². The van der Waals surface area contributed by atoms with Gasteiger partial charge in [-0.1, -0.05) is 18.2 Å². The van der Waals surface area contributed by atoms with Crippen molar-refractivity contribution in [2.75, 3.05) is 13.1 Å². The molecular formula is C22H23N5O. The number of aromatic nitrogens is 4. The first-order valence-electron chi connectivity index (χ1n) is 9.80. The molecule has 5 rings (SSSR count). The van der Waals surface area contributed by atoms with Crippen LogP contribution in [0.25, 0.3) is 16.6 Å². The lowest BCUT2D eigenvalue weighted by molar-refractivity contribution is 0.0712. The number of hydrogen-bond acceptors (Lipinski definition) is 3. The van der Waals surface area contributed by atoms with Crippen molar-refractivity contribution in [3.63, 3.8) is 0 Å². The van der Waals surface area contributed by atoms with Gasteiger partial charge >= 0.3 is 0 Å². The zero-order valence-corrected chi connectivity index (χ0v) is 16.1. The number of piperidine rings is 1. The highest BCUT2D eigenvalue weighted by molar-refractivity contribution is 6.06. The van der Waals surface area contributed by atoms with Crippen LogP contribution in [-0.2, 0) is 0 Å². The summed E-state index contributed by atoms with van der Waals surface area (Å²) in [5.41, 5.74) is 4.92. The molecule has 4 aromatic rings. The number of nitrogens with zero attached hydrogens (tertiary/aromatic N) is 4. The zero-order valence-electron chi connectivity index (χ0n) is 16.1. The Morgan fingerprint density at radius 1 is 1.07 bits per heavy atom. The van der Waals surface area contributed by atoms with E-state index in [1.165, 1.54) is 5.56 Å². The van der Waals surface area contributed by atoms with Crippen LogP contribution in [0.15, 0.2) is 42.6 Å². The second-order valence-corrected chi connectivity index (χ2v) is 7.66. The largest absolute Gasteiger partial charge is 0.358 e. The number of likely N-dealkylation sites (tertiary alicyclic amines) is 1. The number of rotatable bonds is 2. The van der Waals surface area contributed by atoms with Gasteiger partial charge in [-0.15, -0.1) is 10.2 Å². The molecular weight excluding hydrogens is 350 g/mol. The lowest BCUT2D eigenvalue weighted by atomic mass is 9.95. The van der Waals surface area contributed by atoms with Gasteiger partial charge in [-0.25, -0.2) is 0 Å². The van der Waals surface area contributed by atoms with Gasteiger partial charge in [0.05, 0.1) is 11.1 Å². The molecule has 1 aliphatic rings. The first-order chi connectivity index (χ1) is 13.6. The minimum Gasteiger partial charge on any atom is -0.358 e. The van der Waals surface area contributed by atoms with Gasteiger partial charge in [-0.3, -0.25) is 9.20 Å². The minimum atomic E-state index is 0.108. The van der Waals surface area contributed by atoms with Crippen molar-refractivity contribution in [3.8, 4) is 0 Å². The molecule has 1 saturated heterocycles. The van der Waals surface area contributed by atoms with Crippen molar-refractivity contribution >= 4 is 22.5 Å². The number of benzene rings is 1. The molecule has 0 unspecified atom stereocenters. The lowest BCUT2D eigenvalue weighted by Crippen LogP contribution is -2.38. The van der Waals surface area contributed by atoms with Gasteiger partial charge in [0.2, 0.25) is 0 Å². The van der Waals surface area contributed by atoms with E-state index in [4.69, 9.17) is 0 Å². The van der Waals surface area contributed by atoms with E-state index < -0.39 is 0 Å². The number of aryl methyl sites for hydroxylation is 2. The molecule has 0 radical (unpaired) electrons. The topological polar surface area (TPSA) is 66.3 Å². The molecule has 0 bridgehead atoms. The number of H-pyrrole nitrogens is 1. The summed E-state index contributed by atoms with van der Waals surface area (Å²) in [6, 6.07) is 11.9. The zero-order chi connectivity index (χ0) is 19.3. The molecule has 6 heteroatoms. The molecule has 4 heterocycles. The van der Waals surface area contributed by atoms with E-state index >= 15 is 0 Å². The summed E-state index contributed by atoms with van der Waals surface area (Å²) in [5.74, 6) is 1.43. The fourth-order valence-corrected chi connectivity index (χ4v) is 4.31. The highest BCUT2D eigenvalue weighted by Gasteiger charge is 2.28. The average molecular weight is 373 g/mol. The number of nitrogens with one attached hydrogen (secondary N) is 1. The van der Waals surface area contributed by atoms with Gasteiger partial charge in [0.1, 0.15) is 5.82 Å². The van der Waals surface area contributed by atoms with E-state index in [2.05, 4.69) is 39.5 Å². The van der Waals surface area contributed by atoms with Gasteiger partial charge in [0.15, 0.2) is 5.65 Å². The van der Waals surface area contributed by atoms with Crippen molar-refractivity contribution in [3.05, 3.63) is 65.2 Å². The molecule has 0 aliphatic carbocycles. The number of hydrogen-bond donors (Lipinski definition) is 1. The van der Waals surface area contributed by atoms with Crippen LogP contribution in [0.5, 0.6) is 0 Å². The van der Waals surface area contributed by atoms with Crippen LogP contribution in [0.2, 0.25) is 0 Å². The maximum absolute atomic E-state index is 13.2. The third-order valence-electron chi connectivity index (χ3n) is 6.06. The van der Waals surface area contributed by atoms with Gasteiger partial charge in [0, 0.05) is 36.3 Å². The van der Waals surface area contributed by atoms with Crippen LogP contribution >= 0.6 is 0 Å². The predicted molar refractivity (Wildman–Crippen MR) is 109 cm³/mol. The van der Waals surface area contributed by atoms with E-state index in [0.717, 1.165) is 59.6 Å². The third kappa shape index (κ3) is 2.59. The highest BCUT2D eigenvalue weighted by atomic mass is 16.2. The molecule has 1 N–H and O–H groups in total. The maximum atomic E-state index is 13.2. The Balaban J connectivity index is 1.37. The normalized spacial score (nSPS) is 15.6. The molecule has 1 fully saturated rings. The van der Waals surface area contributed by atoms with Crippen molar-refractivity contribution in [1.82, 2.24) is 24.5 Å². The monoisotopic (exact) mass is 373 g/mol. The molecule has 142 valence electrons. The van der Waals surface area contributed by atoms with Gasteiger partial charge < -0.3 is 9.88 Å². The second kappa shape index (κ2) is 6.48. The van der Waals surface area contributed by atoms with Crippen LogP contribution < -0.4 is 0 Å². The number of fused-ring (bicyclic) bond motifs is 2. The van der Waals surface area contributed by atoms with E-state index in [-0.39, 0.29) is 5.91 Å². The minimum absolute atomic E-state index is 0.108. The van der Waals surface area contributed by atoms with Crippen molar-refractivity contribution < 1.29 is 4.79 Å². The number of para-hydroxylation sites is 1. The molecule has 1 amide bonds.